The number of aryl methyl sites for hydroxylation is 1. The minimum Gasteiger partial charge on any atom is -0.454 e. The highest BCUT2D eigenvalue weighted by Crippen LogP contribution is 2.32. The molecule has 25 heavy (non-hydrogen) atoms. The van der Waals surface area contributed by atoms with Crippen molar-refractivity contribution in [2.24, 2.45) is 0 Å². The molecular formula is C19H18N2O4. The quantitative estimate of drug-likeness (QED) is 0.865. The van der Waals surface area contributed by atoms with Crippen molar-refractivity contribution in [2.75, 3.05) is 11.7 Å². The van der Waals surface area contributed by atoms with Crippen LogP contribution in [-0.4, -0.2) is 24.6 Å². The lowest BCUT2D eigenvalue weighted by Gasteiger charge is -2.16. The lowest BCUT2D eigenvalue weighted by Crippen LogP contribution is -2.38. The van der Waals surface area contributed by atoms with E-state index in [2.05, 4.69) is 5.32 Å². The summed E-state index contributed by atoms with van der Waals surface area (Å²) in [4.78, 5) is 26.1. The van der Waals surface area contributed by atoms with Gasteiger partial charge in [-0.1, -0.05) is 23.8 Å². The number of imide groups is 1. The number of rotatable bonds is 4. The first-order valence-corrected chi connectivity index (χ1v) is 8.17. The normalized spacial score (nSPS) is 18.9. The van der Waals surface area contributed by atoms with Gasteiger partial charge in [-0.15, -0.1) is 0 Å². The smallest absolute Gasteiger partial charge is 0.251 e. The largest absolute Gasteiger partial charge is 0.454 e. The van der Waals surface area contributed by atoms with E-state index in [0.717, 1.165) is 16.9 Å². The molecule has 2 aromatic rings. The molecule has 0 spiro atoms. The summed E-state index contributed by atoms with van der Waals surface area (Å²) in [6.07, 6.45) is 0.164. The Hall–Kier alpha value is -2.86. The van der Waals surface area contributed by atoms with Gasteiger partial charge >= 0.3 is 0 Å². The number of fused-ring (bicyclic) bond motifs is 1. The summed E-state index contributed by atoms with van der Waals surface area (Å²) in [7, 11) is 0. The van der Waals surface area contributed by atoms with Crippen molar-refractivity contribution in [1.82, 2.24) is 5.32 Å². The third-order valence-electron chi connectivity index (χ3n) is 4.43. The summed E-state index contributed by atoms with van der Waals surface area (Å²) in [6, 6.07) is 12.5. The molecule has 0 radical (unpaired) electrons. The number of nitrogens with one attached hydrogen (secondary N) is 1. The van der Waals surface area contributed by atoms with E-state index in [1.807, 2.05) is 37.3 Å². The molecule has 6 nitrogen and oxygen atoms in total. The predicted molar refractivity (Wildman–Crippen MR) is 91.5 cm³/mol. The van der Waals surface area contributed by atoms with Gasteiger partial charge in [0.25, 0.3) is 5.91 Å². The highest BCUT2D eigenvalue weighted by atomic mass is 16.7. The number of hydrogen-bond acceptors (Lipinski definition) is 5. The van der Waals surface area contributed by atoms with Gasteiger partial charge in [0.1, 0.15) is 0 Å². The summed E-state index contributed by atoms with van der Waals surface area (Å²) < 4.78 is 10.6. The second-order valence-corrected chi connectivity index (χ2v) is 6.23. The van der Waals surface area contributed by atoms with Gasteiger partial charge in [0.05, 0.1) is 18.2 Å². The number of carbonyl (C=O) groups is 2. The summed E-state index contributed by atoms with van der Waals surface area (Å²) in [5, 5.41) is 3.17. The molecule has 6 heteroatoms. The third kappa shape index (κ3) is 2.96. The molecule has 2 heterocycles. The fraction of sp³-hybridized carbons (Fsp3) is 0.263. The molecule has 2 amide bonds. The molecule has 2 aliphatic rings. The van der Waals surface area contributed by atoms with Crippen LogP contribution in [-0.2, 0) is 16.1 Å². The SMILES string of the molecule is Cc1ccc(N2C(=O)C[C@@H](NCc3ccc4c(c3)OCO4)C2=O)cc1. The lowest BCUT2D eigenvalue weighted by atomic mass is 10.1. The highest BCUT2D eigenvalue weighted by molar-refractivity contribution is 6.22. The zero-order valence-corrected chi connectivity index (χ0v) is 13.8. The van der Waals surface area contributed by atoms with Crippen molar-refractivity contribution in [2.45, 2.75) is 25.9 Å². The first-order chi connectivity index (χ1) is 12.1. The molecule has 1 saturated heterocycles. The van der Waals surface area contributed by atoms with Gasteiger partial charge < -0.3 is 14.8 Å². The molecule has 2 aliphatic heterocycles. The molecule has 0 aromatic heterocycles. The maximum absolute atomic E-state index is 12.6. The minimum atomic E-state index is -0.515. The topological polar surface area (TPSA) is 67.9 Å². The summed E-state index contributed by atoms with van der Waals surface area (Å²) in [5.74, 6) is 1.03. The average Bonchev–Trinajstić information content (AvgIpc) is 3.18. The first-order valence-electron chi connectivity index (χ1n) is 8.17. The fourth-order valence-corrected chi connectivity index (χ4v) is 3.05. The number of carbonyl (C=O) groups excluding carboxylic acids is 2. The van der Waals surface area contributed by atoms with Crippen LogP contribution in [0.2, 0.25) is 0 Å². The Morgan fingerprint density at radius 2 is 1.84 bits per heavy atom. The van der Waals surface area contributed by atoms with Crippen LogP contribution < -0.4 is 19.7 Å². The Balaban J connectivity index is 1.44. The molecule has 0 bridgehead atoms. The molecule has 1 fully saturated rings. The van der Waals surface area contributed by atoms with E-state index in [9.17, 15) is 9.59 Å². The van der Waals surface area contributed by atoms with Crippen LogP contribution in [0.5, 0.6) is 11.5 Å². The zero-order valence-electron chi connectivity index (χ0n) is 13.8. The van der Waals surface area contributed by atoms with Gasteiger partial charge in [0.15, 0.2) is 11.5 Å². The summed E-state index contributed by atoms with van der Waals surface area (Å²) >= 11 is 0. The molecule has 0 saturated carbocycles. The lowest BCUT2D eigenvalue weighted by molar-refractivity contribution is -0.121. The van der Waals surface area contributed by atoms with Crippen molar-refractivity contribution in [3.8, 4) is 11.5 Å². The monoisotopic (exact) mass is 338 g/mol. The van der Waals surface area contributed by atoms with Crippen LogP contribution in [0.3, 0.4) is 0 Å². The number of nitrogens with zero attached hydrogens (tertiary/aromatic N) is 1. The van der Waals surface area contributed by atoms with Crippen LogP contribution >= 0.6 is 0 Å². The van der Waals surface area contributed by atoms with Crippen LogP contribution in [0.15, 0.2) is 42.5 Å². The molecule has 4 rings (SSSR count). The first kappa shape index (κ1) is 15.7. The van der Waals surface area contributed by atoms with Crippen LogP contribution in [0, 0.1) is 6.92 Å². The maximum atomic E-state index is 12.6. The van der Waals surface area contributed by atoms with Gasteiger partial charge in [-0.05, 0) is 36.8 Å². The molecular weight excluding hydrogens is 320 g/mol. The van der Waals surface area contributed by atoms with Crippen molar-refractivity contribution >= 4 is 17.5 Å². The van der Waals surface area contributed by atoms with Crippen molar-refractivity contribution in [3.63, 3.8) is 0 Å². The van der Waals surface area contributed by atoms with Crippen molar-refractivity contribution < 1.29 is 19.1 Å². The summed E-state index contributed by atoms with van der Waals surface area (Å²) in [6.45, 7) is 2.67. The fourth-order valence-electron chi connectivity index (χ4n) is 3.05. The van der Waals surface area contributed by atoms with E-state index in [-0.39, 0.29) is 25.0 Å². The van der Waals surface area contributed by atoms with Gasteiger partial charge in [0.2, 0.25) is 12.7 Å². The van der Waals surface area contributed by atoms with Crippen LogP contribution in [0.4, 0.5) is 5.69 Å². The minimum absolute atomic E-state index is 0.164. The van der Waals surface area contributed by atoms with E-state index in [1.165, 1.54) is 4.90 Å². The highest BCUT2D eigenvalue weighted by Gasteiger charge is 2.39. The number of benzene rings is 2. The average molecular weight is 338 g/mol. The standard InChI is InChI=1S/C19H18N2O4/c1-12-2-5-14(6-3-12)21-18(22)9-15(19(21)23)20-10-13-4-7-16-17(8-13)25-11-24-16/h2-8,15,20H,9-11H2,1H3/t15-/m1/s1. The summed E-state index contributed by atoms with van der Waals surface area (Å²) in [5.41, 5.74) is 2.67. The number of anilines is 1. The Morgan fingerprint density at radius 3 is 2.64 bits per heavy atom. The number of amides is 2. The van der Waals surface area contributed by atoms with Gasteiger partial charge in [0, 0.05) is 6.54 Å². The zero-order chi connectivity index (χ0) is 17.4. The molecule has 0 unspecified atom stereocenters. The van der Waals surface area contributed by atoms with Crippen molar-refractivity contribution in [3.05, 3.63) is 53.6 Å². The molecule has 128 valence electrons. The van der Waals surface area contributed by atoms with Gasteiger partial charge in [-0.2, -0.15) is 0 Å². The second-order valence-electron chi connectivity index (χ2n) is 6.23. The number of hydrogen-bond donors (Lipinski definition) is 1. The van der Waals surface area contributed by atoms with E-state index in [4.69, 9.17) is 9.47 Å². The Morgan fingerprint density at radius 1 is 1.08 bits per heavy atom. The second kappa shape index (κ2) is 6.22. The maximum Gasteiger partial charge on any atom is 0.251 e. The predicted octanol–water partition coefficient (Wildman–Crippen LogP) is 2.15. The van der Waals surface area contributed by atoms with Gasteiger partial charge in [-0.25, -0.2) is 4.90 Å². The third-order valence-corrected chi connectivity index (χ3v) is 4.43. The van der Waals surface area contributed by atoms with E-state index in [1.54, 1.807) is 12.1 Å². The van der Waals surface area contributed by atoms with E-state index >= 15 is 0 Å². The molecule has 0 aliphatic carbocycles. The number of ether oxygens (including phenoxy) is 2. The Labute approximate surface area is 145 Å². The van der Waals surface area contributed by atoms with Crippen LogP contribution in [0.25, 0.3) is 0 Å². The molecule has 1 atom stereocenters. The Kier molecular flexibility index (Phi) is 3.89. The Bertz CT molecular complexity index is 832. The van der Waals surface area contributed by atoms with E-state index < -0.39 is 6.04 Å². The molecule has 2 aromatic carbocycles. The van der Waals surface area contributed by atoms with E-state index in [0.29, 0.717) is 18.0 Å². The van der Waals surface area contributed by atoms with Crippen LogP contribution in [0.1, 0.15) is 17.5 Å². The molecule has 1 N–H and O–H groups in total. The van der Waals surface area contributed by atoms with Gasteiger partial charge in [-0.3, -0.25) is 9.59 Å². The van der Waals surface area contributed by atoms with Crippen molar-refractivity contribution in [1.29, 1.82) is 0 Å².